The highest BCUT2D eigenvalue weighted by Crippen LogP contribution is 2.09. The molecule has 0 bridgehead atoms. The van der Waals surface area contributed by atoms with Crippen LogP contribution in [0.25, 0.3) is 0 Å². The van der Waals surface area contributed by atoms with Gasteiger partial charge in [-0.15, -0.1) is 12.4 Å². The van der Waals surface area contributed by atoms with Gasteiger partial charge in [0.25, 0.3) is 0 Å². The van der Waals surface area contributed by atoms with E-state index in [4.69, 9.17) is 5.73 Å². The molecule has 0 aliphatic heterocycles. The van der Waals surface area contributed by atoms with Gasteiger partial charge in [-0.05, 0) is 25.7 Å². The molecule has 4 N–H and O–H groups in total. The Labute approximate surface area is 128 Å². The smallest absolute Gasteiger partial charge is 0.220 e. The van der Waals surface area contributed by atoms with E-state index >= 15 is 0 Å². The third-order valence-corrected chi connectivity index (χ3v) is 3.43. The monoisotopic (exact) mass is 307 g/mol. The Balaban J connectivity index is 0. The maximum atomic E-state index is 11.6. The molecule has 0 atom stereocenters. The first-order valence-electron chi connectivity index (χ1n) is 7.29. The molecule has 0 rings (SSSR count). The van der Waals surface area contributed by atoms with E-state index in [-0.39, 0.29) is 29.8 Å². The van der Waals surface area contributed by atoms with Crippen LogP contribution < -0.4 is 16.4 Å². The van der Waals surface area contributed by atoms with Crippen molar-refractivity contribution in [2.45, 2.75) is 64.8 Å². The zero-order chi connectivity index (χ0) is 14.7. The molecule has 0 radical (unpaired) electrons. The fraction of sp³-hybridized carbons (Fsp3) is 0.857. The Kier molecular flexibility index (Phi) is 12.9. The van der Waals surface area contributed by atoms with Crippen molar-refractivity contribution in [1.29, 1.82) is 0 Å². The van der Waals surface area contributed by atoms with E-state index in [0.29, 0.717) is 32.4 Å². The molecule has 0 aliphatic rings. The first-order valence-corrected chi connectivity index (χ1v) is 7.29. The highest BCUT2D eigenvalue weighted by molar-refractivity contribution is 5.85. The number of amides is 2. The van der Waals surface area contributed by atoms with Crippen molar-refractivity contribution in [3.8, 4) is 0 Å². The van der Waals surface area contributed by atoms with Crippen LogP contribution in [0.15, 0.2) is 0 Å². The van der Waals surface area contributed by atoms with Gasteiger partial charge in [-0.25, -0.2) is 0 Å². The second kappa shape index (κ2) is 12.0. The van der Waals surface area contributed by atoms with Gasteiger partial charge in [-0.3, -0.25) is 9.59 Å². The molecule has 0 fully saturated rings. The van der Waals surface area contributed by atoms with Crippen molar-refractivity contribution in [2.75, 3.05) is 13.1 Å². The molecule has 0 heterocycles. The third-order valence-electron chi connectivity index (χ3n) is 3.43. The molecule has 0 unspecified atom stereocenters. The largest absolute Gasteiger partial charge is 0.356 e. The van der Waals surface area contributed by atoms with Gasteiger partial charge in [0.1, 0.15) is 0 Å². The lowest BCUT2D eigenvalue weighted by atomic mass is 9.94. The summed E-state index contributed by atoms with van der Waals surface area (Å²) in [5.74, 6) is -0.00930. The van der Waals surface area contributed by atoms with E-state index in [0.717, 1.165) is 19.3 Å². The Hall–Kier alpha value is -0.810. The van der Waals surface area contributed by atoms with Gasteiger partial charge in [0.15, 0.2) is 0 Å². The fourth-order valence-corrected chi connectivity index (χ4v) is 1.63. The number of carbonyl (C=O) groups is 2. The molecule has 0 spiro atoms. The summed E-state index contributed by atoms with van der Waals surface area (Å²) in [6.45, 7) is 7.25. The summed E-state index contributed by atoms with van der Waals surface area (Å²) >= 11 is 0. The summed E-state index contributed by atoms with van der Waals surface area (Å²) < 4.78 is 0. The van der Waals surface area contributed by atoms with Crippen molar-refractivity contribution >= 4 is 24.2 Å². The number of nitrogens with one attached hydrogen (secondary N) is 2. The highest BCUT2D eigenvalue weighted by Gasteiger charge is 2.20. The predicted octanol–water partition coefficient (Wildman–Crippen LogP) is 1.74. The number of carbonyl (C=O) groups excluding carboxylic acids is 2. The molecule has 0 saturated heterocycles. The molecule has 2 amide bonds. The Morgan fingerprint density at radius 3 is 1.95 bits per heavy atom. The van der Waals surface area contributed by atoms with Gasteiger partial charge >= 0.3 is 0 Å². The van der Waals surface area contributed by atoms with E-state index in [1.807, 2.05) is 20.8 Å². The Morgan fingerprint density at radius 2 is 1.50 bits per heavy atom. The Bertz CT molecular complexity index is 282. The number of hydrogen-bond donors (Lipinski definition) is 3. The zero-order valence-corrected chi connectivity index (χ0v) is 13.8. The van der Waals surface area contributed by atoms with Gasteiger partial charge in [0, 0.05) is 31.5 Å². The van der Waals surface area contributed by atoms with Crippen LogP contribution in [0.1, 0.15) is 59.3 Å². The van der Waals surface area contributed by atoms with Crippen LogP contribution in [0.2, 0.25) is 0 Å². The molecular formula is C14H30ClN3O2. The lowest BCUT2D eigenvalue weighted by Gasteiger charge is -2.26. The minimum absolute atomic E-state index is 0. The molecular weight excluding hydrogens is 278 g/mol. The highest BCUT2D eigenvalue weighted by atomic mass is 35.5. The molecule has 0 saturated carbocycles. The minimum Gasteiger partial charge on any atom is -0.356 e. The quantitative estimate of drug-likeness (QED) is 0.575. The minimum atomic E-state index is -0.311. The van der Waals surface area contributed by atoms with Crippen LogP contribution in [-0.4, -0.2) is 30.4 Å². The molecule has 6 heteroatoms. The second-order valence-corrected chi connectivity index (χ2v) is 5.05. The summed E-state index contributed by atoms with van der Waals surface area (Å²) in [5.41, 5.74) is 5.79. The zero-order valence-electron chi connectivity index (χ0n) is 13.0. The molecule has 20 heavy (non-hydrogen) atoms. The van der Waals surface area contributed by atoms with Gasteiger partial charge in [-0.2, -0.15) is 0 Å². The van der Waals surface area contributed by atoms with Crippen LogP contribution >= 0.6 is 12.4 Å². The van der Waals surface area contributed by atoms with Gasteiger partial charge < -0.3 is 16.4 Å². The first kappa shape index (κ1) is 21.5. The fourth-order valence-electron chi connectivity index (χ4n) is 1.63. The van der Waals surface area contributed by atoms with E-state index in [1.54, 1.807) is 0 Å². The standard InChI is InChI=1S/C14H29N3O2.ClH/c1-4-10-16-12(18)8-7-9-13(19)17-11-14(15,5-2)6-3;/h4-11,15H2,1-3H3,(H,16,18)(H,17,19);1H. The molecule has 0 aliphatic carbocycles. The van der Waals surface area contributed by atoms with Crippen molar-refractivity contribution in [1.82, 2.24) is 10.6 Å². The first-order chi connectivity index (χ1) is 8.97. The molecule has 0 aromatic rings. The summed E-state index contributed by atoms with van der Waals surface area (Å²) in [7, 11) is 0. The van der Waals surface area contributed by atoms with E-state index < -0.39 is 0 Å². The van der Waals surface area contributed by atoms with Gasteiger partial charge in [0.05, 0.1) is 0 Å². The molecule has 0 aromatic carbocycles. The van der Waals surface area contributed by atoms with Crippen molar-refractivity contribution < 1.29 is 9.59 Å². The van der Waals surface area contributed by atoms with Crippen LogP contribution in [0, 0.1) is 0 Å². The lowest BCUT2D eigenvalue weighted by molar-refractivity contribution is -0.122. The maximum Gasteiger partial charge on any atom is 0.220 e. The molecule has 0 aromatic heterocycles. The maximum absolute atomic E-state index is 11.6. The average Bonchev–Trinajstić information content (AvgIpc) is 2.42. The van der Waals surface area contributed by atoms with E-state index in [9.17, 15) is 9.59 Å². The SMILES string of the molecule is CCCNC(=O)CCCC(=O)NCC(N)(CC)CC.Cl. The van der Waals surface area contributed by atoms with Crippen molar-refractivity contribution in [3.63, 3.8) is 0 Å². The number of rotatable bonds is 10. The normalized spacial score (nSPS) is 10.6. The molecule has 120 valence electrons. The third kappa shape index (κ3) is 10.0. The summed E-state index contributed by atoms with van der Waals surface area (Å²) in [4.78, 5) is 22.9. The predicted molar refractivity (Wildman–Crippen MR) is 84.9 cm³/mol. The average molecular weight is 308 g/mol. The molecule has 5 nitrogen and oxygen atoms in total. The van der Waals surface area contributed by atoms with Gasteiger partial charge in [0.2, 0.25) is 11.8 Å². The topological polar surface area (TPSA) is 84.2 Å². The van der Waals surface area contributed by atoms with Crippen LogP contribution in [-0.2, 0) is 9.59 Å². The Morgan fingerprint density at radius 1 is 1.00 bits per heavy atom. The van der Waals surface area contributed by atoms with Crippen LogP contribution in [0.4, 0.5) is 0 Å². The van der Waals surface area contributed by atoms with Gasteiger partial charge in [-0.1, -0.05) is 20.8 Å². The number of nitrogens with two attached hydrogens (primary N) is 1. The van der Waals surface area contributed by atoms with E-state index in [2.05, 4.69) is 10.6 Å². The summed E-state index contributed by atoms with van der Waals surface area (Å²) in [6.07, 6.45) is 3.97. The van der Waals surface area contributed by atoms with Crippen LogP contribution in [0.5, 0.6) is 0 Å². The van der Waals surface area contributed by atoms with Crippen molar-refractivity contribution in [3.05, 3.63) is 0 Å². The van der Waals surface area contributed by atoms with Crippen molar-refractivity contribution in [2.24, 2.45) is 5.73 Å². The second-order valence-electron chi connectivity index (χ2n) is 5.05. The van der Waals surface area contributed by atoms with Crippen LogP contribution in [0.3, 0.4) is 0 Å². The number of hydrogen-bond acceptors (Lipinski definition) is 3. The lowest BCUT2D eigenvalue weighted by Crippen LogP contribution is -2.49. The number of halogens is 1. The van der Waals surface area contributed by atoms with E-state index in [1.165, 1.54) is 0 Å². The summed E-state index contributed by atoms with van der Waals surface area (Å²) in [5, 5.41) is 5.64. The summed E-state index contributed by atoms with van der Waals surface area (Å²) in [6, 6.07) is 0.